The van der Waals surface area contributed by atoms with Crippen molar-refractivity contribution in [2.24, 2.45) is 5.92 Å². The molecule has 4 heteroatoms. The maximum atomic E-state index is 12.5. The molecule has 2 heterocycles. The second kappa shape index (κ2) is 5.83. The lowest BCUT2D eigenvalue weighted by Gasteiger charge is -2.37. The first-order chi connectivity index (χ1) is 8.24. The van der Waals surface area contributed by atoms with Gasteiger partial charge in [0.25, 0.3) is 0 Å². The molecule has 17 heavy (non-hydrogen) atoms. The molecule has 2 fully saturated rings. The molecule has 0 aromatic carbocycles. The average Bonchev–Trinajstić information content (AvgIpc) is 2.76. The molecule has 0 spiro atoms. The maximum absolute atomic E-state index is 12.5. The molecule has 3 atom stereocenters. The van der Waals surface area contributed by atoms with Gasteiger partial charge in [0.1, 0.15) is 0 Å². The Kier molecular flexibility index (Phi) is 4.40. The third-order valence-electron chi connectivity index (χ3n) is 4.21. The van der Waals surface area contributed by atoms with Crippen LogP contribution < -0.4 is 5.32 Å². The van der Waals surface area contributed by atoms with Crippen molar-refractivity contribution in [2.45, 2.75) is 51.1 Å². The largest absolute Gasteiger partial charge is 0.396 e. The zero-order chi connectivity index (χ0) is 12.3. The van der Waals surface area contributed by atoms with Crippen LogP contribution in [-0.2, 0) is 4.79 Å². The quantitative estimate of drug-likeness (QED) is 0.765. The van der Waals surface area contributed by atoms with E-state index in [1.165, 1.54) is 6.42 Å². The molecule has 4 nitrogen and oxygen atoms in total. The first-order valence-corrected chi connectivity index (χ1v) is 6.88. The van der Waals surface area contributed by atoms with Gasteiger partial charge in [0.15, 0.2) is 0 Å². The molecule has 2 rings (SSSR count). The lowest BCUT2D eigenvalue weighted by molar-refractivity contribution is -0.139. The number of carbonyl (C=O) groups is 1. The second-order valence-electron chi connectivity index (χ2n) is 5.33. The van der Waals surface area contributed by atoms with Crippen LogP contribution in [0.15, 0.2) is 0 Å². The molecular formula is C13H24N2O2. The molecule has 1 amide bonds. The number of hydrogen-bond donors (Lipinski definition) is 2. The smallest absolute Gasteiger partial charge is 0.227 e. The minimum atomic E-state index is 0.147. The minimum absolute atomic E-state index is 0.147. The van der Waals surface area contributed by atoms with Gasteiger partial charge in [-0.05, 0) is 45.6 Å². The average molecular weight is 240 g/mol. The molecule has 2 saturated heterocycles. The van der Waals surface area contributed by atoms with Gasteiger partial charge in [0.05, 0.1) is 5.92 Å². The Morgan fingerprint density at radius 2 is 2.24 bits per heavy atom. The lowest BCUT2D eigenvalue weighted by atomic mass is 9.94. The maximum Gasteiger partial charge on any atom is 0.227 e. The summed E-state index contributed by atoms with van der Waals surface area (Å²) in [6, 6.07) is 0.577. The Balaban J connectivity index is 2.00. The van der Waals surface area contributed by atoms with Crippen molar-refractivity contribution in [3.8, 4) is 0 Å². The molecule has 0 bridgehead atoms. The van der Waals surface area contributed by atoms with Crippen LogP contribution in [-0.4, -0.2) is 47.7 Å². The van der Waals surface area contributed by atoms with E-state index in [1.54, 1.807) is 0 Å². The SMILES string of the molecule is CC1NCCC1C(=O)N1CCCCC1CCO. The van der Waals surface area contributed by atoms with E-state index in [-0.39, 0.29) is 18.6 Å². The van der Waals surface area contributed by atoms with Crippen molar-refractivity contribution in [3.05, 3.63) is 0 Å². The number of rotatable bonds is 3. The van der Waals surface area contributed by atoms with Gasteiger partial charge in [-0.25, -0.2) is 0 Å². The van der Waals surface area contributed by atoms with Crippen LogP contribution in [0, 0.1) is 5.92 Å². The Bertz CT molecular complexity index is 268. The molecule has 0 saturated carbocycles. The molecule has 0 aromatic heterocycles. The number of carbonyl (C=O) groups excluding carboxylic acids is 1. The Morgan fingerprint density at radius 3 is 2.88 bits per heavy atom. The Morgan fingerprint density at radius 1 is 1.41 bits per heavy atom. The number of amides is 1. The number of hydrogen-bond acceptors (Lipinski definition) is 3. The van der Waals surface area contributed by atoms with Crippen molar-refractivity contribution in [1.82, 2.24) is 10.2 Å². The highest BCUT2D eigenvalue weighted by atomic mass is 16.3. The second-order valence-corrected chi connectivity index (χ2v) is 5.33. The van der Waals surface area contributed by atoms with E-state index in [1.807, 2.05) is 4.90 Å². The lowest BCUT2D eigenvalue weighted by Crippen LogP contribution is -2.48. The zero-order valence-corrected chi connectivity index (χ0v) is 10.7. The highest BCUT2D eigenvalue weighted by Crippen LogP contribution is 2.25. The summed E-state index contributed by atoms with van der Waals surface area (Å²) in [5, 5.41) is 12.4. The first-order valence-electron chi connectivity index (χ1n) is 6.88. The number of nitrogens with zero attached hydrogens (tertiary/aromatic N) is 1. The third-order valence-corrected chi connectivity index (χ3v) is 4.21. The van der Waals surface area contributed by atoms with Gasteiger partial charge in [-0.15, -0.1) is 0 Å². The van der Waals surface area contributed by atoms with Crippen molar-refractivity contribution in [3.63, 3.8) is 0 Å². The highest BCUT2D eigenvalue weighted by molar-refractivity contribution is 5.80. The molecular weight excluding hydrogens is 216 g/mol. The van der Waals surface area contributed by atoms with Crippen molar-refractivity contribution < 1.29 is 9.90 Å². The van der Waals surface area contributed by atoms with Gasteiger partial charge >= 0.3 is 0 Å². The molecule has 0 radical (unpaired) electrons. The topological polar surface area (TPSA) is 52.6 Å². The van der Waals surface area contributed by atoms with Crippen LogP contribution in [0.4, 0.5) is 0 Å². The van der Waals surface area contributed by atoms with E-state index >= 15 is 0 Å². The molecule has 2 aliphatic rings. The zero-order valence-electron chi connectivity index (χ0n) is 10.7. The van der Waals surface area contributed by atoms with Crippen LogP contribution in [0.1, 0.15) is 39.0 Å². The normalized spacial score (nSPS) is 34.0. The fourth-order valence-electron chi connectivity index (χ4n) is 3.15. The van der Waals surface area contributed by atoms with E-state index in [9.17, 15) is 4.79 Å². The van der Waals surface area contributed by atoms with Crippen LogP contribution in [0.2, 0.25) is 0 Å². The molecule has 2 N–H and O–H groups in total. The fourth-order valence-corrected chi connectivity index (χ4v) is 3.15. The summed E-state index contributed by atoms with van der Waals surface area (Å²) >= 11 is 0. The van der Waals surface area contributed by atoms with E-state index in [0.29, 0.717) is 11.9 Å². The Hall–Kier alpha value is -0.610. The molecule has 0 aliphatic carbocycles. The summed E-state index contributed by atoms with van der Waals surface area (Å²) in [5.41, 5.74) is 0. The number of nitrogens with one attached hydrogen (secondary N) is 1. The highest BCUT2D eigenvalue weighted by Gasteiger charge is 2.35. The summed E-state index contributed by atoms with van der Waals surface area (Å²) < 4.78 is 0. The molecule has 0 aromatic rings. The van der Waals surface area contributed by atoms with Crippen LogP contribution in [0.3, 0.4) is 0 Å². The van der Waals surface area contributed by atoms with Gasteiger partial charge in [-0.2, -0.15) is 0 Å². The van der Waals surface area contributed by atoms with Gasteiger partial charge in [-0.3, -0.25) is 4.79 Å². The third kappa shape index (κ3) is 2.80. The number of aliphatic hydroxyl groups is 1. The number of aliphatic hydroxyl groups excluding tert-OH is 1. The Labute approximate surface area is 103 Å². The van der Waals surface area contributed by atoms with E-state index in [4.69, 9.17) is 5.11 Å². The van der Waals surface area contributed by atoms with Crippen LogP contribution in [0.5, 0.6) is 0 Å². The van der Waals surface area contributed by atoms with E-state index in [2.05, 4.69) is 12.2 Å². The molecule has 2 aliphatic heterocycles. The van der Waals surface area contributed by atoms with Gasteiger partial charge in [0.2, 0.25) is 5.91 Å². The van der Waals surface area contributed by atoms with Gasteiger partial charge in [-0.1, -0.05) is 0 Å². The van der Waals surface area contributed by atoms with Gasteiger partial charge in [0, 0.05) is 25.2 Å². The standard InChI is InChI=1S/C13H24N2O2/c1-10-12(5-7-14-10)13(17)15-8-3-2-4-11(15)6-9-16/h10-12,14,16H,2-9H2,1H3. The van der Waals surface area contributed by atoms with Crippen molar-refractivity contribution >= 4 is 5.91 Å². The predicted molar refractivity (Wildman–Crippen MR) is 66.6 cm³/mol. The van der Waals surface area contributed by atoms with Crippen molar-refractivity contribution in [2.75, 3.05) is 19.7 Å². The summed E-state index contributed by atoms with van der Waals surface area (Å²) in [5.74, 6) is 0.454. The minimum Gasteiger partial charge on any atom is -0.396 e. The summed E-state index contributed by atoms with van der Waals surface area (Å²) in [6.07, 6.45) is 5.05. The summed E-state index contributed by atoms with van der Waals surface area (Å²) in [7, 11) is 0. The number of likely N-dealkylation sites (tertiary alicyclic amines) is 1. The fraction of sp³-hybridized carbons (Fsp3) is 0.923. The summed E-state index contributed by atoms with van der Waals surface area (Å²) in [6.45, 7) is 4.12. The van der Waals surface area contributed by atoms with Crippen LogP contribution in [0.25, 0.3) is 0 Å². The predicted octanol–water partition coefficient (Wildman–Crippen LogP) is 0.748. The molecule has 98 valence electrons. The van der Waals surface area contributed by atoms with E-state index < -0.39 is 0 Å². The van der Waals surface area contributed by atoms with Crippen LogP contribution >= 0.6 is 0 Å². The first kappa shape index (κ1) is 12.8. The number of piperidine rings is 1. The van der Waals surface area contributed by atoms with Gasteiger partial charge < -0.3 is 15.3 Å². The molecule has 3 unspecified atom stereocenters. The summed E-state index contributed by atoms with van der Waals surface area (Å²) in [4.78, 5) is 14.5. The van der Waals surface area contributed by atoms with E-state index in [0.717, 1.165) is 38.8 Å². The monoisotopic (exact) mass is 240 g/mol. The van der Waals surface area contributed by atoms with Crippen molar-refractivity contribution in [1.29, 1.82) is 0 Å².